The molecule has 0 aliphatic heterocycles. The van der Waals surface area contributed by atoms with Crippen LogP contribution in [0.15, 0.2) is 24.3 Å². The van der Waals surface area contributed by atoms with E-state index in [9.17, 15) is 10.1 Å². The van der Waals surface area contributed by atoms with E-state index in [1.165, 1.54) is 12.8 Å². The fraction of sp³-hybridized carbons (Fsp3) is 0.600. The molecule has 1 aromatic carbocycles. The van der Waals surface area contributed by atoms with E-state index in [1.54, 1.807) is 12.1 Å². The van der Waals surface area contributed by atoms with Crippen molar-refractivity contribution in [1.82, 2.24) is 5.32 Å². The van der Waals surface area contributed by atoms with E-state index in [4.69, 9.17) is 0 Å². The molecular weight excluding hydrogens is 240 g/mol. The van der Waals surface area contributed by atoms with Crippen molar-refractivity contribution in [1.29, 1.82) is 0 Å². The lowest BCUT2D eigenvalue weighted by molar-refractivity contribution is -0.384. The first kappa shape index (κ1) is 14.0. The third kappa shape index (κ3) is 3.53. The Hall–Kier alpha value is -1.42. The molecule has 0 unspecified atom stereocenters. The van der Waals surface area contributed by atoms with Crippen molar-refractivity contribution >= 4 is 5.69 Å². The van der Waals surface area contributed by atoms with Crippen molar-refractivity contribution in [2.75, 3.05) is 13.1 Å². The zero-order chi connectivity index (χ0) is 13.9. The van der Waals surface area contributed by atoms with Gasteiger partial charge in [-0.1, -0.05) is 26.0 Å². The summed E-state index contributed by atoms with van der Waals surface area (Å²) in [5.41, 5.74) is 1.84. The van der Waals surface area contributed by atoms with Gasteiger partial charge in [0, 0.05) is 18.7 Å². The second kappa shape index (κ2) is 5.70. The molecular formula is C15H22N2O2. The first-order chi connectivity index (χ1) is 9.03. The molecule has 1 N–H and O–H groups in total. The van der Waals surface area contributed by atoms with Crippen LogP contribution < -0.4 is 5.32 Å². The third-order valence-corrected chi connectivity index (χ3v) is 4.33. The molecule has 4 nitrogen and oxygen atoms in total. The fourth-order valence-electron chi connectivity index (χ4n) is 2.47. The molecule has 1 aromatic rings. The van der Waals surface area contributed by atoms with Crippen LogP contribution in [0.5, 0.6) is 0 Å². The van der Waals surface area contributed by atoms with E-state index in [0.717, 1.165) is 31.0 Å². The average molecular weight is 262 g/mol. The van der Waals surface area contributed by atoms with Gasteiger partial charge in [0.05, 0.1) is 4.92 Å². The molecule has 19 heavy (non-hydrogen) atoms. The minimum atomic E-state index is -0.360. The number of nitrogens with zero attached hydrogens (tertiary/aromatic N) is 1. The SMILES string of the molecule is CC(C)C1(CNCCc2ccc([N+](=O)[O-])cc2)CC1. The largest absolute Gasteiger partial charge is 0.316 e. The Labute approximate surface area is 114 Å². The average Bonchev–Trinajstić information content (AvgIpc) is 3.16. The van der Waals surface area contributed by atoms with Gasteiger partial charge in [-0.3, -0.25) is 10.1 Å². The van der Waals surface area contributed by atoms with Crippen LogP contribution in [0.3, 0.4) is 0 Å². The van der Waals surface area contributed by atoms with E-state index in [-0.39, 0.29) is 10.6 Å². The Bertz CT molecular complexity index is 436. The predicted octanol–water partition coefficient (Wildman–Crippen LogP) is 3.16. The summed E-state index contributed by atoms with van der Waals surface area (Å²) < 4.78 is 0. The maximum absolute atomic E-state index is 10.5. The van der Waals surface area contributed by atoms with Gasteiger partial charge < -0.3 is 5.32 Å². The summed E-state index contributed by atoms with van der Waals surface area (Å²) in [4.78, 5) is 10.2. The molecule has 0 amide bonds. The number of hydrogen-bond donors (Lipinski definition) is 1. The van der Waals surface area contributed by atoms with Crippen LogP contribution in [-0.4, -0.2) is 18.0 Å². The first-order valence-corrected chi connectivity index (χ1v) is 6.97. The van der Waals surface area contributed by atoms with Gasteiger partial charge in [-0.05, 0) is 42.7 Å². The van der Waals surface area contributed by atoms with Crippen LogP contribution in [0, 0.1) is 21.4 Å². The Balaban J connectivity index is 1.72. The van der Waals surface area contributed by atoms with Crippen LogP contribution >= 0.6 is 0 Å². The van der Waals surface area contributed by atoms with Gasteiger partial charge >= 0.3 is 0 Å². The lowest BCUT2D eigenvalue weighted by Crippen LogP contribution is -2.29. The second-order valence-electron chi connectivity index (χ2n) is 5.87. The summed E-state index contributed by atoms with van der Waals surface area (Å²) >= 11 is 0. The molecule has 0 bridgehead atoms. The molecule has 1 saturated carbocycles. The van der Waals surface area contributed by atoms with Crippen molar-refractivity contribution in [2.45, 2.75) is 33.1 Å². The predicted molar refractivity (Wildman–Crippen MR) is 76.2 cm³/mol. The van der Waals surface area contributed by atoms with Gasteiger partial charge in [0.25, 0.3) is 5.69 Å². The minimum Gasteiger partial charge on any atom is -0.316 e. The van der Waals surface area contributed by atoms with Gasteiger partial charge in [0.15, 0.2) is 0 Å². The van der Waals surface area contributed by atoms with Crippen LogP contribution in [0.4, 0.5) is 5.69 Å². The summed E-state index contributed by atoms with van der Waals surface area (Å²) in [5, 5.41) is 14.1. The highest BCUT2D eigenvalue weighted by molar-refractivity contribution is 5.32. The molecule has 2 rings (SSSR count). The maximum atomic E-state index is 10.5. The Morgan fingerprint density at radius 1 is 1.32 bits per heavy atom. The highest BCUT2D eigenvalue weighted by Gasteiger charge is 2.44. The van der Waals surface area contributed by atoms with E-state index in [0.29, 0.717) is 5.41 Å². The highest BCUT2D eigenvalue weighted by atomic mass is 16.6. The number of non-ortho nitro benzene ring substituents is 1. The van der Waals surface area contributed by atoms with E-state index < -0.39 is 0 Å². The van der Waals surface area contributed by atoms with Gasteiger partial charge in [0.2, 0.25) is 0 Å². The van der Waals surface area contributed by atoms with E-state index >= 15 is 0 Å². The van der Waals surface area contributed by atoms with Crippen molar-refractivity contribution in [3.8, 4) is 0 Å². The number of nitrogens with one attached hydrogen (secondary N) is 1. The van der Waals surface area contributed by atoms with Crippen molar-refractivity contribution in [3.05, 3.63) is 39.9 Å². The van der Waals surface area contributed by atoms with Crippen molar-refractivity contribution in [3.63, 3.8) is 0 Å². The normalized spacial score (nSPS) is 16.6. The van der Waals surface area contributed by atoms with Gasteiger partial charge in [-0.25, -0.2) is 0 Å². The van der Waals surface area contributed by atoms with Gasteiger partial charge in [0.1, 0.15) is 0 Å². The summed E-state index contributed by atoms with van der Waals surface area (Å²) in [6.07, 6.45) is 3.61. The molecule has 1 aliphatic carbocycles. The van der Waals surface area contributed by atoms with Crippen molar-refractivity contribution in [2.24, 2.45) is 11.3 Å². The molecule has 0 atom stereocenters. The quantitative estimate of drug-likeness (QED) is 0.466. The molecule has 0 saturated heterocycles. The maximum Gasteiger partial charge on any atom is 0.269 e. The summed E-state index contributed by atoms with van der Waals surface area (Å²) in [5.74, 6) is 0.749. The number of nitro benzene ring substituents is 1. The zero-order valence-electron chi connectivity index (χ0n) is 11.7. The molecule has 104 valence electrons. The monoisotopic (exact) mass is 262 g/mol. The van der Waals surface area contributed by atoms with Crippen LogP contribution in [0.1, 0.15) is 32.3 Å². The smallest absolute Gasteiger partial charge is 0.269 e. The molecule has 4 heteroatoms. The number of hydrogen-bond acceptors (Lipinski definition) is 3. The molecule has 0 heterocycles. The molecule has 1 aliphatic rings. The van der Waals surface area contributed by atoms with E-state index in [2.05, 4.69) is 19.2 Å². The minimum absolute atomic E-state index is 0.161. The molecule has 0 aromatic heterocycles. The fourth-order valence-corrected chi connectivity index (χ4v) is 2.47. The summed E-state index contributed by atoms with van der Waals surface area (Å²) in [7, 11) is 0. The molecule has 1 fully saturated rings. The number of nitro groups is 1. The third-order valence-electron chi connectivity index (χ3n) is 4.33. The number of benzene rings is 1. The standard InChI is InChI=1S/C15H22N2O2/c1-12(2)15(8-9-15)11-16-10-7-13-3-5-14(6-4-13)17(18)19/h3-6,12,16H,7-11H2,1-2H3. The summed E-state index contributed by atoms with van der Waals surface area (Å²) in [6, 6.07) is 6.84. The van der Waals surface area contributed by atoms with Gasteiger partial charge in [-0.15, -0.1) is 0 Å². The lowest BCUT2D eigenvalue weighted by atomic mass is 9.92. The Morgan fingerprint density at radius 2 is 1.95 bits per heavy atom. The zero-order valence-corrected chi connectivity index (χ0v) is 11.7. The van der Waals surface area contributed by atoms with E-state index in [1.807, 2.05) is 12.1 Å². The molecule has 0 radical (unpaired) electrons. The van der Waals surface area contributed by atoms with Crippen LogP contribution in [0.2, 0.25) is 0 Å². The summed E-state index contributed by atoms with van der Waals surface area (Å²) in [6.45, 7) is 6.62. The Kier molecular flexibility index (Phi) is 4.20. The van der Waals surface area contributed by atoms with Crippen LogP contribution in [0.25, 0.3) is 0 Å². The first-order valence-electron chi connectivity index (χ1n) is 6.97. The second-order valence-corrected chi connectivity index (χ2v) is 5.87. The Morgan fingerprint density at radius 3 is 2.42 bits per heavy atom. The topological polar surface area (TPSA) is 55.2 Å². The van der Waals surface area contributed by atoms with Gasteiger partial charge in [-0.2, -0.15) is 0 Å². The number of rotatable bonds is 7. The molecule has 0 spiro atoms. The van der Waals surface area contributed by atoms with Crippen molar-refractivity contribution < 1.29 is 4.92 Å². The van der Waals surface area contributed by atoms with Crippen LogP contribution in [-0.2, 0) is 6.42 Å². The lowest BCUT2D eigenvalue weighted by Gasteiger charge is -2.20. The highest BCUT2D eigenvalue weighted by Crippen LogP contribution is 2.51.